The van der Waals surface area contributed by atoms with Crippen LogP contribution in [0.5, 0.6) is 0 Å². The van der Waals surface area contributed by atoms with Gasteiger partial charge in [0.05, 0.1) is 44.3 Å². The lowest BCUT2D eigenvalue weighted by atomic mass is 9.82. The molecular weight excluding hydrogens is 899 g/mol. The Hall–Kier alpha value is -9.58. The molecule has 5 heteroatoms. The van der Waals surface area contributed by atoms with E-state index in [0.717, 1.165) is 61.2 Å². The lowest BCUT2D eigenvalue weighted by Crippen LogP contribution is -2.14. The highest BCUT2D eigenvalue weighted by Crippen LogP contribution is 2.50. The molecular formula is C69H45N5. The minimum atomic E-state index is -0.0947. The maximum absolute atomic E-state index is 5.61. The van der Waals surface area contributed by atoms with Crippen molar-refractivity contribution in [1.82, 2.24) is 23.7 Å². The Labute approximate surface area is 426 Å². The van der Waals surface area contributed by atoms with Crippen LogP contribution in [0.3, 0.4) is 0 Å². The molecule has 74 heavy (non-hydrogen) atoms. The summed E-state index contributed by atoms with van der Waals surface area (Å²) in [5, 5.41) is 10.7. The van der Waals surface area contributed by atoms with Crippen molar-refractivity contribution >= 4 is 87.1 Å². The van der Waals surface area contributed by atoms with E-state index in [1.54, 1.807) is 0 Å². The molecule has 0 aliphatic heterocycles. The van der Waals surface area contributed by atoms with Crippen molar-refractivity contribution in [3.63, 3.8) is 0 Å². The Morgan fingerprint density at radius 1 is 0.324 bits per heavy atom. The highest BCUT2D eigenvalue weighted by molar-refractivity contribution is 6.15. The van der Waals surface area contributed by atoms with Crippen LogP contribution in [0, 0.1) is 0 Å². The predicted octanol–water partition coefficient (Wildman–Crippen LogP) is 17.7. The molecule has 0 radical (unpaired) electrons. The molecule has 0 spiro atoms. The van der Waals surface area contributed by atoms with E-state index in [0.29, 0.717) is 5.82 Å². The van der Waals surface area contributed by atoms with Gasteiger partial charge in [0.25, 0.3) is 0 Å². The van der Waals surface area contributed by atoms with Crippen LogP contribution < -0.4 is 0 Å². The largest absolute Gasteiger partial charge is 0.309 e. The number of hydrogen-bond acceptors (Lipinski definition) is 2. The van der Waals surface area contributed by atoms with Gasteiger partial charge in [-0.05, 0) is 118 Å². The van der Waals surface area contributed by atoms with E-state index in [4.69, 9.17) is 9.97 Å². The van der Waals surface area contributed by atoms with Gasteiger partial charge >= 0.3 is 0 Å². The van der Waals surface area contributed by atoms with Gasteiger partial charge in [-0.15, -0.1) is 0 Å². The van der Waals surface area contributed by atoms with Crippen LogP contribution in [0.15, 0.2) is 237 Å². The summed E-state index contributed by atoms with van der Waals surface area (Å²) in [5.74, 6) is 0.689. The molecule has 15 aromatic rings. The summed E-state index contributed by atoms with van der Waals surface area (Å²) in [5.41, 5.74) is 19.3. The third-order valence-corrected chi connectivity index (χ3v) is 16.2. The minimum absolute atomic E-state index is 0.0947. The summed E-state index contributed by atoms with van der Waals surface area (Å²) in [7, 11) is 0. The molecule has 16 rings (SSSR count). The summed E-state index contributed by atoms with van der Waals surface area (Å²) in [6.07, 6.45) is 0. The van der Waals surface area contributed by atoms with Crippen molar-refractivity contribution in [2.75, 3.05) is 0 Å². The third-order valence-electron chi connectivity index (χ3n) is 16.2. The first kappa shape index (κ1) is 41.1. The van der Waals surface area contributed by atoms with Crippen molar-refractivity contribution in [3.8, 4) is 50.8 Å². The Kier molecular flexibility index (Phi) is 8.45. The number of fused-ring (bicyclic) bond motifs is 15. The fraction of sp³-hybridized carbons (Fsp3) is 0.0435. The van der Waals surface area contributed by atoms with Crippen LogP contribution in [0.4, 0.5) is 0 Å². The van der Waals surface area contributed by atoms with Gasteiger partial charge < -0.3 is 13.7 Å². The topological polar surface area (TPSA) is 40.6 Å². The van der Waals surface area contributed by atoms with Gasteiger partial charge in [-0.25, -0.2) is 9.97 Å². The second-order valence-corrected chi connectivity index (χ2v) is 20.5. The van der Waals surface area contributed by atoms with E-state index >= 15 is 0 Å². The van der Waals surface area contributed by atoms with Gasteiger partial charge in [-0.2, -0.15) is 0 Å². The first-order chi connectivity index (χ1) is 36.5. The molecule has 0 amide bonds. The van der Waals surface area contributed by atoms with Gasteiger partial charge in [0.15, 0.2) is 5.82 Å². The van der Waals surface area contributed by atoms with Gasteiger partial charge in [-0.1, -0.05) is 166 Å². The molecule has 1 aliphatic rings. The van der Waals surface area contributed by atoms with Gasteiger partial charge in [-0.3, -0.25) is 0 Å². The van der Waals surface area contributed by atoms with Crippen molar-refractivity contribution in [2.45, 2.75) is 19.3 Å². The summed E-state index contributed by atoms with van der Waals surface area (Å²) in [6.45, 7) is 4.67. The lowest BCUT2D eigenvalue weighted by Gasteiger charge is -2.21. The highest BCUT2D eigenvalue weighted by Gasteiger charge is 2.35. The fourth-order valence-electron chi connectivity index (χ4n) is 12.8. The van der Waals surface area contributed by atoms with Gasteiger partial charge in [0, 0.05) is 71.3 Å². The highest BCUT2D eigenvalue weighted by atomic mass is 15.0. The number of nitrogens with zero attached hydrogens (tertiary/aromatic N) is 5. The molecule has 4 heterocycles. The zero-order valence-corrected chi connectivity index (χ0v) is 40.8. The van der Waals surface area contributed by atoms with E-state index in [1.807, 2.05) is 0 Å². The number of benzene rings is 11. The van der Waals surface area contributed by atoms with E-state index in [9.17, 15) is 0 Å². The van der Waals surface area contributed by atoms with Crippen molar-refractivity contribution in [2.24, 2.45) is 0 Å². The van der Waals surface area contributed by atoms with Gasteiger partial charge in [0.2, 0.25) is 0 Å². The molecule has 0 fully saturated rings. The Morgan fingerprint density at radius 2 is 0.824 bits per heavy atom. The Balaban J connectivity index is 0.922. The monoisotopic (exact) mass is 943 g/mol. The van der Waals surface area contributed by atoms with Crippen LogP contribution in [0.25, 0.3) is 138 Å². The third kappa shape index (κ3) is 5.75. The Morgan fingerprint density at radius 3 is 1.43 bits per heavy atom. The summed E-state index contributed by atoms with van der Waals surface area (Å²) in [6, 6.07) is 86.6. The van der Waals surface area contributed by atoms with Crippen LogP contribution >= 0.6 is 0 Å². The summed E-state index contributed by atoms with van der Waals surface area (Å²) < 4.78 is 7.26. The molecule has 1 aliphatic carbocycles. The van der Waals surface area contributed by atoms with Crippen molar-refractivity contribution in [1.29, 1.82) is 0 Å². The lowest BCUT2D eigenvalue weighted by molar-refractivity contribution is 0.660. The average molecular weight is 944 g/mol. The van der Waals surface area contributed by atoms with Gasteiger partial charge in [0.1, 0.15) is 0 Å². The first-order valence-electron chi connectivity index (χ1n) is 25.6. The molecule has 0 bridgehead atoms. The maximum Gasteiger partial charge on any atom is 0.160 e. The molecule has 5 nitrogen and oxygen atoms in total. The molecule has 346 valence electrons. The van der Waals surface area contributed by atoms with E-state index < -0.39 is 0 Å². The fourth-order valence-corrected chi connectivity index (χ4v) is 12.8. The predicted molar refractivity (Wildman–Crippen MR) is 308 cm³/mol. The smallest absolute Gasteiger partial charge is 0.160 e. The average Bonchev–Trinajstić information content (AvgIpc) is 4.18. The summed E-state index contributed by atoms with van der Waals surface area (Å²) in [4.78, 5) is 11.0. The van der Waals surface area contributed by atoms with Crippen LogP contribution in [-0.4, -0.2) is 23.7 Å². The number of rotatable bonds is 5. The molecule has 11 aromatic carbocycles. The van der Waals surface area contributed by atoms with E-state index in [-0.39, 0.29) is 5.41 Å². The maximum atomic E-state index is 5.61. The summed E-state index contributed by atoms with van der Waals surface area (Å²) >= 11 is 0. The Bertz CT molecular complexity index is 4610. The molecule has 0 atom stereocenters. The molecule has 0 saturated heterocycles. The second kappa shape index (κ2) is 15.2. The van der Waals surface area contributed by atoms with Crippen molar-refractivity contribution in [3.05, 3.63) is 248 Å². The standard InChI is InChI=1S/C69H45N5/c1-69(2)57-25-10-5-20-49(57)54-39-43(30-34-58(54)69)67-66-48-19-4-3-16-42(48)31-35-59(66)70-68(71-67)44-17-15-18-45(38-44)72-64-36-32-46(73-60-26-11-6-21-50(60)51-22-7-12-27-61(51)73)40-55(64)56-41-47(33-37-65(56)72)74-62-28-13-8-23-52(62)53-24-9-14-29-63(53)74/h3-41H,1-2H3. The van der Waals surface area contributed by atoms with Crippen LogP contribution in [0.1, 0.15) is 25.0 Å². The van der Waals surface area contributed by atoms with Crippen LogP contribution in [0.2, 0.25) is 0 Å². The number of aromatic nitrogens is 5. The number of hydrogen-bond donors (Lipinski definition) is 0. The van der Waals surface area contributed by atoms with Crippen molar-refractivity contribution < 1.29 is 0 Å². The molecule has 0 unspecified atom stereocenters. The zero-order chi connectivity index (χ0) is 48.8. The normalized spacial score (nSPS) is 13.1. The SMILES string of the molecule is CC1(C)c2ccccc2-c2cc(-c3nc(-c4cccc(-n5c6ccc(-n7c8ccccc8c8ccccc87)cc6c6cc(-n7c8ccccc8c8ccccc87)ccc65)c4)nc4ccc5ccccc5c34)ccc21. The van der Waals surface area contributed by atoms with E-state index in [2.05, 4.69) is 264 Å². The quantitative estimate of drug-likeness (QED) is 0.161. The van der Waals surface area contributed by atoms with Crippen LogP contribution in [-0.2, 0) is 5.41 Å². The minimum Gasteiger partial charge on any atom is -0.309 e. The zero-order valence-electron chi connectivity index (χ0n) is 40.8. The molecule has 0 N–H and O–H groups in total. The first-order valence-corrected chi connectivity index (χ1v) is 25.6. The second-order valence-electron chi connectivity index (χ2n) is 20.5. The van der Waals surface area contributed by atoms with E-state index in [1.165, 1.54) is 82.0 Å². The number of para-hydroxylation sites is 4. The molecule has 0 saturated carbocycles. The molecule has 4 aromatic heterocycles.